The SMILES string of the molecule is CCc1ccc(OC(C)C(=O)NNC(=O)COc2ccc(C(C)CC)cc2)cc1. The molecule has 2 aromatic rings. The number of carbonyl (C=O) groups excluding carboxylic acids is 2. The fourth-order valence-corrected chi connectivity index (χ4v) is 2.61. The summed E-state index contributed by atoms with van der Waals surface area (Å²) in [4.78, 5) is 24.0. The average molecular weight is 399 g/mol. The minimum Gasteiger partial charge on any atom is -0.484 e. The molecule has 29 heavy (non-hydrogen) atoms. The van der Waals surface area contributed by atoms with Crippen LogP contribution >= 0.6 is 0 Å². The zero-order chi connectivity index (χ0) is 21.2. The van der Waals surface area contributed by atoms with E-state index in [-0.39, 0.29) is 6.61 Å². The molecule has 0 saturated carbocycles. The van der Waals surface area contributed by atoms with Gasteiger partial charge in [0.2, 0.25) is 0 Å². The Bertz CT molecular complexity index is 788. The highest BCUT2D eigenvalue weighted by Crippen LogP contribution is 2.21. The number of hydrazine groups is 1. The van der Waals surface area contributed by atoms with Crippen LogP contribution in [0.4, 0.5) is 0 Å². The van der Waals surface area contributed by atoms with E-state index in [1.54, 1.807) is 6.92 Å². The van der Waals surface area contributed by atoms with Gasteiger partial charge in [0.25, 0.3) is 11.8 Å². The summed E-state index contributed by atoms with van der Waals surface area (Å²) in [7, 11) is 0. The van der Waals surface area contributed by atoms with Gasteiger partial charge in [-0.3, -0.25) is 20.4 Å². The van der Waals surface area contributed by atoms with E-state index in [1.807, 2.05) is 48.5 Å². The van der Waals surface area contributed by atoms with Crippen LogP contribution in [-0.2, 0) is 16.0 Å². The molecular formula is C23H30N2O4. The van der Waals surface area contributed by atoms with Crippen molar-refractivity contribution in [1.29, 1.82) is 0 Å². The van der Waals surface area contributed by atoms with Gasteiger partial charge in [-0.2, -0.15) is 0 Å². The normalized spacial score (nSPS) is 12.6. The number of aryl methyl sites for hydroxylation is 1. The van der Waals surface area contributed by atoms with Crippen molar-refractivity contribution in [2.45, 2.75) is 52.6 Å². The monoisotopic (exact) mass is 398 g/mol. The predicted octanol–water partition coefficient (Wildman–Crippen LogP) is 3.76. The van der Waals surface area contributed by atoms with Crippen LogP contribution < -0.4 is 20.3 Å². The number of rotatable bonds is 9. The van der Waals surface area contributed by atoms with E-state index in [4.69, 9.17) is 9.47 Å². The summed E-state index contributed by atoms with van der Waals surface area (Å²) in [6.45, 7) is 7.79. The molecule has 2 N–H and O–H groups in total. The molecule has 0 aliphatic heterocycles. The summed E-state index contributed by atoms with van der Waals surface area (Å²) in [5.74, 6) is 0.780. The quantitative estimate of drug-likeness (QED) is 0.631. The molecule has 6 heteroatoms. The van der Waals surface area contributed by atoms with Crippen molar-refractivity contribution in [2.75, 3.05) is 6.61 Å². The minimum absolute atomic E-state index is 0.198. The number of amides is 2. The third-order valence-corrected chi connectivity index (χ3v) is 4.77. The van der Waals surface area contributed by atoms with Crippen LogP contribution in [0.1, 0.15) is 51.2 Å². The van der Waals surface area contributed by atoms with Crippen LogP contribution in [0.25, 0.3) is 0 Å². The van der Waals surface area contributed by atoms with Gasteiger partial charge < -0.3 is 9.47 Å². The lowest BCUT2D eigenvalue weighted by Gasteiger charge is -2.15. The van der Waals surface area contributed by atoms with Crippen molar-refractivity contribution in [1.82, 2.24) is 10.9 Å². The fraction of sp³-hybridized carbons (Fsp3) is 0.391. The fourth-order valence-electron chi connectivity index (χ4n) is 2.61. The van der Waals surface area contributed by atoms with Crippen molar-refractivity contribution < 1.29 is 19.1 Å². The highest BCUT2D eigenvalue weighted by molar-refractivity contribution is 5.85. The molecular weight excluding hydrogens is 368 g/mol. The highest BCUT2D eigenvalue weighted by Gasteiger charge is 2.15. The number of ether oxygens (including phenoxy) is 2. The molecule has 2 unspecified atom stereocenters. The Morgan fingerprint density at radius 2 is 1.52 bits per heavy atom. The summed E-state index contributed by atoms with van der Waals surface area (Å²) in [5, 5.41) is 0. The average Bonchev–Trinajstić information content (AvgIpc) is 2.76. The van der Waals surface area contributed by atoms with Crippen molar-refractivity contribution in [3.8, 4) is 11.5 Å². The van der Waals surface area contributed by atoms with Gasteiger partial charge in [-0.25, -0.2) is 0 Å². The van der Waals surface area contributed by atoms with Crippen LogP contribution in [0.3, 0.4) is 0 Å². The molecule has 0 bridgehead atoms. The second-order valence-electron chi connectivity index (χ2n) is 6.96. The first-order chi connectivity index (χ1) is 13.9. The maximum Gasteiger partial charge on any atom is 0.279 e. The molecule has 6 nitrogen and oxygen atoms in total. The summed E-state index contributed by atoms with van der Waals surface area (Å²) >= 11 is 0. The zero-order valence-corrected chi connectivity index (χ0v) is 17.5. The molecule has 156 valence electrons. The van der Waals surface area contributed by atoms with Crippen molar-refractivity contribution >= 4 is 11.8 Å². The van der Waals surface area contributed by atoms with E-state index in [2.05, 4.69) is 31.6 Å². The Morgan fingerprint density at radius 1 is 0.897 bits per heavy atom. The second kappa shape index (κ2) is 11.1. The summed E-state index contributed by atoms with van der Waals surface area (Å²) in [6.07, 6.45) is 1.25. The molecule has 0 aliphatic rings. The molecule has 0 spiro atoms. The Balaban J connectivity index is 1.72. The van der Waals surface area contributed by atoms with Gasteiger partial charge in [-0.15, -0.1) is 0 Å². The van der Waals surface area contributed by atoms with Gasteiger partial charge in [-0.05, 0) is 61.1 Å². The van der Waals surface area contributed by atoms with Gasteiger partial charge >= 0.3 is 0 Å². The Morgan fingerprint density at radius 3 is 2.10 bits per heavy atom. The van der Waals surface area contributed by atoms with Crippen LogP contribution in [-0.4, -0.2) is 24.5 Å². The molecule has 0 aliphatic carbocycles. The smallest absolute Gasteiger partial charge is 0.279 e. The van der Waals surface area contributed by atoms with Gasteiger partial charge in [0.15, 0.2) is 12.7 Å². The molecule has 2 atom stereocenters. The topological polar surface area (TPSA) is 76.7 Å². The molecule has 0 heterocycles. The van der Waals surface area contributed by atoms with E-state index < -0.39 is 17.9 Å². The maximum absolute atomic E-state index is 12.1. The van der Waals surface area contributed by atoms with Gasteiger partial charge in [-0.1, -0.05) is 45.0 Å². The standard InChI is InChI=1S/C23H30N2O4/c1-5-16(3)19-9-13-20(14-10-19)28-15-22(26)24-25-23(27)17(4)29-21-11-7-18(6-2)8-12-21/h7-14,16-17H,5-6,15H2,1-4H3,(H,24,26)(H,25,27). The van der Waals surface area contributed by atoms with Crippen molar-refractivity contribution in [3.05, 3.63) is 59.7 Å². The Hall–Kier alpha value is -3.02. The van der Waals surface area contributed by atoms with Crippen LogP contribution in [0, 0.1) is 0 Å². The number of nitrogens with one attached hydrogen (secondary N) is 2. The molecule has 0 saturated heterocycles. The lowest BCUT2D eigenvalue weighted by atomic mass is 9.99. The zero-order valence-electron chi connectivity index (χ0n) is 17.5. The summed E-state index contributed by atoms with van der Waals surface area (Å²) in [5.41, 5.74) is 7.10. The minimum atomic E-state index is -0.753. The Kier molecular flexibility index (Phi) is 8.52. The van der Waals surface area contributed by atoms with Gasteiger partial charge in [0.1, 0.15) is 11.5 Å². The van der Waals surface area contributed by atoms with Crippen LogP contribution in [0.5, 0.6) is 11.5 Å². The van der Waals surface area contributed by atoms with Crippen LogP contribution in [0.15, 0.2) is 48.5 Å². The lowest BCUT2D eigenvalue weighted by molar-refractivity contribution is -0.133. The van der Waals surface area contributed by atoms with E-state index in [0.717, 1.165) is 12.8 Å². The lowest BCUT2D eigenvalue weighted by Crippen LogP contribution is -2.48. The molecule has 2 amide bonds. The van der Waals surface area contributed by atoms with E-state index >= 15 is 0 Å². The van der Waals surface area contributed by atoms with Crippen LogP contribution in [0.2, 0.25) is 0 Å². The first-order valence-electron chi connectivity index (χ1n) is 10.00. The molecule has 0 aromatic heterocycles. The molecule has 0 radical (unpaired) electrons. The first-order valence-corrected chi connectivity index (χ1v) is 10.00. The largest absolute Gasteiger partial charge is 0.484 e. The van der Waals surface area contributed by atoms with E-state index in [9.17, 15) is 9.59 Å². The van der Waals surface area contributed by atoms with Crippen molar-refractivity contribution in [2.24, 2.45) is 0 Å². The second-order valence-corrected chi connectivity index (χ2v) is 6.96. The van der Waals surface area contributed by atoms with Gasteiger partial charge in [0, 0.05) is 0 Å². The van der Waals surface area contributed by atoms with Gasteiger partial charge in [0.05, 0.1) is 0 Å². The van der Waals surface area contributed by atoms with E-state index in [1.165, 1.54) is 11.1 Å². The third kappa shape index (κ3) is 7.14. The number of hydrogen-bond acceptors (Lipinski definition) is 4. The number of benzene rings is 2. The molecule has 2 aromatic carbocycles. The third-order valence-electron chi connectivity index (χ3n) is 4.77. The van der Waals surface area contributed by atoms with E-state index in [0.29, 0.717) is 17.4 Å². The Labute approximate surface area is 172 Å². The highest BCUT2D eigenvalue weighted by atomic mass is 16.5. The summed E-state index contributed by atoms with van der Waals surface area (Å²) < 4.78 is 11.0. The summed E-state index contributed by atoms with van der Waals surface area (Å²) in [6, 6.07) is 15.2. The van der Waals surface area contributed by atoms with Crippen molar-refractivity contribution in [3.63, 3.8) is 0 Å². The predicted molar refractivity (Wildman–Crippen MR) is 113 cm³/mol. The first kappa shape index (κ1) is 22.3. The molecule has 2 rings (SSSR count). The molecule has 0 fully saturated rings. The number of carbonyl (C=O) groups is 2. The number of hydrogen-bond donors (Lipinski definition) is 2. The maximum atomic E-state index is 12.1.